The van der Waals surface area contributed by atoms with Gasteiger partial charge in [0.1, 0.15) is 0 Å². The maximum Gasteiger partial charge on any atom is 0.236 e. The third kappa shape index (κ3) is 3.49. The highest BCUT2D eigenvalue weighted by molar-refractivity contribution is 5.80. The molecule has 0 spiro atoms. The number of nitrogens with zero attached hydrogens (tertiary/aromatic N) is 3. The average molecular weight is 342 g/mol. The van der Waals surface area contributed by atoms with Crippen molar-refractivity contribution >= 4 is 17.5 Å². The van der Waals surface area contributed by atoms with Crippen LogP contribution < -0.4 is 10.2 Å². The van der Waals surface area contributed by atoms with Gasteiger partial charge < -0.3 is 15.1 Å². The minimum Gasteiger partial charge on any atom is -0.368 e. The molecule has 134 valence electrons. The fourth-order valence-corrected chi connectivity index (χ4v) is 4.34. The standard InChI is InChI=1S/C19H26N4O2/c24-18-12-16-6-7-17(13-20-18)23(16)14-19(25)22-10-8-21(9-11-22)15-4-2-1-3-5-15/h1-5,16-17H,6-14H2,(H,20,24)/t16-,17-/m1/s1. The molecule has 0 aliphatic carbocycles. The van der Waals surface area contributed by atoms with Crippen LogP contribution in [0.3, 0.4) is 0 Å². The molecule has 2 atom stereocenters. The number of nitrogens with one attached hydrogen (secondary N) is 1. The van der Waals surface area contributed by atoms with Crippen LogP contribution in [-0.2, 0) is 9.59 Å². The second-order valence-corrected chi connectivity index (χ2v) is 7.27. The minimum absolute atomic E-state index is 0.126. The van der Waals surface area contributed by atoms with E-state index in [1.165, 1.54) is 5.69 Å². The number of piperazine rings is 1. The van der Waals surface area contributed by atoms with Crippen molar-refractivity contribution in [1.82, 2.24) is 15.1 Å². The zero-order valence-corrected chi connectivity index (χ0v) is 14.6. The molecule has 6 heteroatoms. The van der Waals surface area contributed by atoms with Gasteiger partial charge in [0, 0.05) is 56.9 Å². The number of benzene rings is 1. The van der Waals surface area contributed by atoms with Gasteiger partial charge in [-0.3, -0.25) is 14.5 Å². The Morgan fingerprint density at radius 3 is 2.52 bits per heavy atom. The Bertz CT molecular complexity index is 628. The van der Waals surface area contributed by atoms with E-state index in [9.17, 15) is 9.59 Å². The molecule has 0 unspecified atom stereocenters. The molecule has 2 amide bonds. The van der Waals surface area contributed by atoms with Crippen LogP contribution in [0.25, 0.3) is 0 Å². The summed E-state index contributed by atoms with van der Waals surface area (Å²) < 4.78 is 0. The van der Waals surface area contributed by atoms with E-state index in [4.69, 9.17) is 0 Å². The molecule has 3 heterocycles. The van der Waals surface area contributed by atoms with Crippen LogP contribution in [0.5, 0.6) is 0 Å². The van der Waals surface area contributed by atoms with Crippen LogP contribution in [-0.4, -0.2) is 73.0 Å². The van der Waals surface area contributed by atoms with Gasteiger partial charge in [-0.25, -0.2) is 0 Å². The first-order valence-electron chi connectivity index (χ1n) is 9.31. The fourth-order valence-electron chi connectivity index (χ4n) is 4.34. The van der Waals surface area contributed by atoms with E-state index in [-0.39, 0.29) is 17.9 Å². The smallest absolute Gasteiger partial charge is 0.236 e. The van der Waals surface area contributed by atoms with Crippen molar-refractivity contribution in [3.05, 3.63) is 30.3 Å². The summed E-state index contributed by atoms with van der Waals surface area (Å²) in [5.74, 6) is 0.333. The maximum atomic E-state index is 12.8. The van der Waals surface area contributed by atoms with Gasteiger partial charge in [-0.05, 0) is 25.0 Å². The molecule has 2 bridgehead atoms. The van der Waals surface area contributed by atoms with Crippen LogP contribution in [0, 0.1) is 0 Å². The lowest BCUT2D eigenvalue weighted by molar-refractivity contribution is -0.133. The number of carbonyl (C=O) groups is 2. The van der Waals surface area contributed by atoms with Gasteiger partial charge in [0.15, 0.2) is 0 Å². The van der Waals surface area contributed by atoms with Gasteiger partial charge in [-0.1, -0.05) is 18.2 Å². The molecular weight excluding hydrogens is 316 g/mol. The Morgan fingerprint density at radius 1 is 1.04 bits per heavy atom. The highest BCUT2D eigenvalue weighted by Gasteiger charge is 2.39. The number of anilines is 1. The summed E-state index contributed by atoms with van der Waals surface area (Å²) in [6.45, 7) is 4.44. The van der Waals surface area contributed by atoms with Crippen LogP contribution in [0.4, 0.5) is 5.69 Å². The molecule has 3 aliphatic rings. The summed E-state index contributed by atoms with van der Waals surface area (Å²) in [6, 6.07) is 10.9. The Kier molecular flexibility index (Phi) is 4.61. The topological polar surface area (TPSA) is 55.9 Å². The van der Waals surface area contributed by atoms with E-state index in [2.05, 4.69) is 39.4 Å². The first kappa shape index (κ1) is 16.4. The second-order valence-electron chi connectivity index (χ2n) is 7.27. The van der Waals surface area contributed by atoms with Crippen molar-refractivity contribution in [2.75, 3.05) is 44.2 Å². The van der Waals surface area contributed by atoms with Crippen LogP contribution >= 0.6 is 0 Å². The minimum atomic E-state index is 0.126. The monoisotopic (exact) mass is 342 g/mol. The molecule has 3 fully saturated rings. The predicted octanol–water partition coefficient (Wildman–Crippen LogP) is 0.688. The van der Waals surface area contributed by atoms with Crippen molar-refractivity contribution in [1.29, 1.82) is 0 Å². The number of hydrogen-bond donors (Lipinski definition) is 1. The van der Waals surface area contributed by atoms with Gasteiger partial charge >= 0.3 is 0 Å². The molecule has 3 aliphatic heterocycles. The highest BCUT2D eigenvalue weighted by atomic mass is 16.2. The van der Waals surface area contributed by atoms with Gasteiger partial charge in [0.2, 0.25) is 11.8 Å². The van der Waals surface area contributed by atoms with Crippen LogP contribution in [0.1, 0.15) is 19.3 Å². The van der Waals surface area contributed by atoms with E-state index in [0.29, 0.717) is 25.6 Å². The van der Waals surface area contributed by atoms with E-state index < -0.39 is 0 Å². The maximum absolute atomic E-state index is 12.8. The van der Waals surface area contributed by atoms with E-state index >= 15 is 0 Å². The third-order valence-corrected chi connectivity index (χ3v) is 5.80. The molecule has 25 heavy (non-hydrogen) atoms. The number of fused-ring (bicyclic) bond motifs is 2. The molecule has 0 saturated carbocycles. The van der Waals surface area contributed by atoms with Gasteiger partial charge in [0.25, 0.3) is 0 Å². The van der Waals surface area contributed by atoms with Gasteiger partial charge in [-0.2, -0.15) is 0 Å². The number of para-hydroxylation sites is 1. The lowest BCUT2D eigenvalue weighted by Crippen LogP contribution is -2.52. The molecule has 1 aromatic rings. The predicted molar refractivity (Wildman–Crippen MR) is 96.4 cm³/mol. The van der Waals surface area contributed by atoms with Crippen molar-refractivity contribution in [3.63, 3.8) is 0 Å². The summed E-state index contributed by atoms with van der Waals surface area (Å²) in [4.78, 5) is 31.1. The van der Waals surface area contributed by atoms with Crippen molar-refractivity contribution in [2.24, 2.45) is 0 Å². The fraction of sp³-hybridized carbons (Fsp3) is 0.579. The molecule has 1 N–H and O–H groups in total. The Morgan fingerprint density at radius 2 is 1.76 bits per heavy atom. The first-order valence-corrected chi connectivity index (χ1v) is 9.31. The summed E-state index contributed by atoms with van der Waals surface area (Å²) >= 11 is 0. The summed E-state index contributed by atoms with van der Waals surface area (Å²) in [7, 11) is 0. The first-order chi connectivity index (χ1) is 12.2. The number of hydrogen-bond acceptors (Lipinski definition) is 4. The molecular formula is C19H26N4O2. The van der Waals surface area contributed by atoms with Crippen molar-refractivity contribution < 1.29 is 9.59 Å². The zero-order chi connectivity index (χ0) is 17.2. The van der Waals surface area contributed by atoms with Gasteiger partial charge in [0.05, 0.1) is 6.54 Å². The quantitative estimate of drug-likeness (QED) is 0.878. The molecule has 0 radical (unpaired) electrons. The van der Waals surface area contributed by atoms with Crippen molar-refractivity contribution in [2.45, 2.75) is 31.3 Å². The normalized spacial score (nSPS) is 27.1. The lowest BCUT2D eigenvalue weighted by atomic mass is 10.1. The summed E-state index contributed by atoms with van der Waals surface area (Å²) in [6.07, 6.45) is 2.65. The van der Waals surface area contributed by atoms with Crippen LogP contribution in [0.15, 0.2) is 30.3 Å². The number of amides is 2. The molecule has 0 aromatic heterocycles. The summed E-state index contributed by atoms with van der Waals surface area (Å²) in [5.41, 5.74) is 1.23. The number of rotatable bonds is 3. The SMILES string of the molecule is O=C1C[C@H]2CC[C@H](CN1)N2CC(=O)N1CCN(c2ccccc2)CC1. The highest BCUT2D eigenvalue weighted by Crippen LogP contribution is 2.28. The summed E-state index contributed by atoms with van der Waals surface area (Å²) in [5, 5.41) is 2.97. The number of carbonyl (C=O) groups excluding carboxylic acids is 2. The Hall–Kier alpha value is -2.08. The van der Waals surface area contributed by atoms with E-state index in [1.807, 2.05) is 11.0 Å². The molecule has 4 rings (SSSR count). The van der Waals surface area contributed by atoms with Crippen molar-refractivity contribution in [3.8, 4) is 0 Å². The Labute approximate surface area is 148 Å². The molecule has 6 nitrogen and oxygen atoms in total. The lowest BCUT2D eigenvalue weighted by Gasteiger charge is -2.37. The van der Waals surface area contributed by atoms with Gasteiger partial charge in [-0.15, -0.1) is 0 Å². The Balaban J connectivity index is 1.33. The zero-order valence-electron chi connectivity index (χ0n) is 14.6. The van der Waals surface area contributed by atoms with E-state index in [0.717, 1.165) is 39.0 Å². The third-order valence-electron chi connectivity index (χ3n) is 5.80. The molecule has 1 aromatic carbocycles. The van der Waals surface area contributed by atoms with Crippen LogP contribution in [0.2, 0.25) is 0 Å². The largest absolute Gasteiger partial charge is 0.368 e. The second kappa shape index (κ2) is 7.04. The van der Waals surface area contributed by atoms with E-state index in [1.54, 1.807) is 0 Å². The molecule has 3 saturated heterocycles. The average Bonchev–Trinajstić information content (AvgIpc) is 2.93.